The third kappa shape index (κ3) is 3.68. The van der Waals surface area contributed by atoms with Crippen LogP contribution in [0.1, 0.15) is 40.5 Å². The van der Waals surface area contributed by atoms with Gasteiger partial charge in [0.2, 0.25) is 0 Å². The van der Waals surface area contributed by atoms with Gasteiger partial charge < -0.3 is 14.2 Å². The Bertz CT molecular complexity index is 331. The van der Waals surface area contributed by atoms with Crippen LogP contribution >= 0.6 is 0 Å². The molecule has 5 heteroatoms. The van der Waals surface area contributed by atoms with Gasteiger partial charge in [-0.05, 0) is 40.7 Å². The molecule has 110 valence electrons. The van der Waals surface area contributed by atoms with Crippen LogP contribution in [0.5, 0.6) is 0 Å². The number of carbonyl (C=O) groups excluding carboxylic acids is 1. The zero-order chi connectivity index (χ0) is 14.1. The van der Waals surface area contributed by atoms with E-state index in [0.29, 0.717) is 19.8 Å². The second-order valence-electron chi connectivity index (χ2n) is 6.39. The van der Waals surface area contributed by atoms with Crippen LogP contribution < -0.4 is 0 Å². The highest BCUT2D eigenvalue weighted by molar-refractivity contribution is 5.75. The molecule has 2 fully saturated rings. The first-order chi connectivity index (χ1) is 8.81. The third-order valence-corrected chi connectivity index (χ3v) is 3.56. The van der Waals surface area contributed by atoms with Gasteiger partial charge in [-0.1, -0.05) is 0 Å². The molecule has 2 aliphatic heterocycles. The number of hydrogen-bond donors (Lipinski definition) is 0. The van der Waals surface area contributed by atoms with Gasteiger partial charge in [0.15, 0.2) is 5.79 Å². The highest BCUT2D eigenvalue weighted by Gasteiger charge is 2.43. The van der Waals surface area contributed by atoms with E-state index in [9.17, 15) is 4.79 Å². The summed E-state index contributed by atoms with van der Waals surface area (Å²) in [6, 6.07) is -0.260. The number of carbonyl (C=O) groups is 1. The number of nitrogens with zero attached hydrogens (tertiary/aromatic N) is 1. The van der Waals surface area contributed by atoms with Crippen molar-refractivity contribution in [3.8, 4) is 0 Å². The molecule has 1 unspecified atom stereocenters. The summed E-state index contributed by atoms with van der Waals surface area (Å²) < 4.78 is 16.9. The van der Waals surface area contributed by atoms with Crippen molar-refractivity contribution in [1.82, 2.24) is 4.90 Å². The summed E-state index contributed by atoms with van der Waals surface area (Å²) in [4.78, 5) is 14.2. The van der Waals surface area contributed by atoms with Crippen molar-refractivity contribution < 1.29 is 19.0 Å². The molecule has 0 aliphatic carbocycles. The van der Waals surface area contributed by atoms with Gasteiger partial charge in [0.25, 0.3) is 0 Å². The minimum absolute atomic E-state index is 0.178. The summed E-state index contributed by atoms with van der Waals surface area (Å²) in [5, 5.41) is 0. The van der Waals surface area contributed by atoms with E-state index in [2.05, 4.69) is 4.90 Å². The van der Waals surface area contributed by atoms with Crippen LogP contribution in [0.15, 0.2) is 0 Å². The molecule has 1 atom stereocenters. The molecule has 2 saturated heterocycles. The van der Waals surface area contributed by atoms with E-state index < -0.39 is 11.4 Å². The quantitative estimate of drug-likeness (QED) is 0.713. The van der Waals surface area contributed by atoms with Crippen molar-refractivity contribution in [3.63, 3.8) is 0 Å². The van der Waals surface area contributed by atoms with Gasteiger partial charge in [-0.25, -0.2) is 0 Å². The van der Waals surface area contributed by atoms with E-state index in [4.69, 9.17) is 14.2 Å². The summed E-state index contributed by atoms with van der Waals surface area (Å²) in [5.41, 5.74) is -0.445. The molecule has 0 aromatic carbocycles. The van der Waals surface area contributed by atoms with Gasteiger partial charge in [-0.15, -0.1) is 0 Å². The fourth-order valence-corrected chi connectivity index (χ4v) is 2.62. The van der Waals surface area contributed by atoms with Crippen molar-refractivity contribution in [2.45, 2.75) is 58.0 Å². The maximum atomic E-state index is 12.1. The van der Waals surface area contributed by atoms with Crippen molar-refractivity contribution in [2.75, 3.05) is 26.3 Å². The Morgan fingerprint density at radius 3 is 2.53 bits per heavy atom. The van der Waals surface area contributed by atoms with E-state index in [1.807, 2.05) is 27.7 Å². The summed E-state index contributed by atoms with van der Waals surface area (Å²) in [7, 11) is 0. The summed E-state index contributed by atoms with van der Waals surface area (Å²) >= 11 is 0. The van der Waals surface area contributed by atoms with E-state index in [-0.39, 0.29) is 12.0 Å². The monoisotopic (exact) mass is 271 g/mol. The second kappa shape index (κ2) is 5.38. The van der Waals surface area contributed by atoms with Gasteiger partial charge in [0.05, 0.1) is 19.8 Å². The van der Waals surface area contributed by atoms with Crippen molar-refractivity contribution in [2.24, 2.45) is 0 Å². The normalized spacial score (nSPS) is 25.5. The minimum atomic E-state index is -0.492. The zero-order valence-electron chi connectivity index (χ0n) is 12.4. The van der Waals surface area contributed by atoms with Crippen LogP contribution in [0.4, 0.5) is 0 Å². The fraction of sp³-hybridized carbons (Fsp3) is 0.929. The molecule has 2 heterocycles. The molecule has 0 amide bonds. The van der Waals surface area contributed by atoms with Crippen molar-refractivity contribution in [3.05, 3.63) is 0 Å². The first-order valence-corrected chi connectivity index (χ1v) is 7.06. The van der Waals surface area contributed by atoms with Crippen molar-refractivity contribution >= 4 is 5.97 Å². The lowest BCUT2D eigenvalue weighted by Crippen LogP contribution is -2.54. The molecule has 0 bridgehead atoms. The number of hydrogen-bond acceptors (Lipinski definition) is 5. The molecular weight excluding hydrogens is 246 g/mol. The predicted octanol–water partition coefficient (Wildman–Crippen LogP) is 1.56. The van der Waals surface area contributed by atoms with E-state index in [1.165, 1.54) is 0 Å². The third-order valence-electron chi connectivity index (χ3n) is 3.56. The van der Waals surface area contributed by atoms with Crippen molar-refractivity contribution in [1.29, 1.82) is 0 Å². The van der Waals surface area contributed by atoms with Crippen LogP contribution in [-0.2, 0) is 19.0 Å². The van der Waals surface area contributed by atoms with E-state index in [0.717, 1.165) is 19.4 Å². The average molecular weight is 271 g/mol. The topological polar surface area (TPSA) is 48.0 Å². The lowest BCUT2D eigenvalue weighted by molar-refractivity contribution is -0.198. The van der Waals surface area contributed by atoms with Gasteiger partial charge in [-0.3, -0.25) is 9.69 Å². The molecule has 2 aliphatic rings. The molecule has 19 heavy (non-hydrogen) atoms. The SMILES string of the molecule is CC(C(=O)OC(C)(C)C)N1CCCC2(C1)OCCO2. The molecule has 5 nitrogen and oxygen atoms in total. The smallest absolute Gasteiger partial charge is 0.323 e. The zero-order valence-corrected chi connectivity index (χ0v) is 12.4. The number of ether oxygens (including phenoxy) is 3. The summed E-state index contributed by atoms with van der Waals surface area (Å²) in [5.74, 6) is -0.670. The molecule has 0 saturated carbocycles. The molecule has 0 aromatic heterocycles. The van der Waals surface area contributed by atoms with Gasteiger partial charge in [0, 0.05) is 6.42 Å². The number of likely N-dealkylation sites (tertiary alicyclic amines) is 1. The maximum absolute atomic E-state index is 12.1. The van der Waals surface area contributed by atoms with Gasteiger partial charge in [-0.2, -0.15) is 0 Å². The summed E-state index contributed by atoms with van der Waals surface area (Å²) in [6.07, 6.45) is 1.89. The molecule has 0 aromatic rings. The number of rotatable bonds is 2. The second-order valence-corrected chi connectivity index (χ2v) is 6.39. The Hall–Kier alpha value is -0.650. The Morgan fingerprint density at radius 1 is 1.32 bits per heavy atom. The molecule has 2 rings (SSSR count). The Balaban J connectivity index is 1.95. The lowest BCUT2D eigenvalue weighted by Gasteiger charge is -2.41. The molecular formula is C14H25NO4. The van der Waals surface area contributed by atoms with E-state index >= 15 is 0 Å². The van der Waals surface area contributed by atoms with E-state index in [1.54, 1.807) is 0 Å². The van der Waals surface area contributed by atoms with Crippen LogP contribution in [-0.4, -0.2) is 54.6 Å². The standard InChI is InChI=1S/C14H25NO4/c1-11(12(16)19-13(2,3)4)15-7-5-6-14(10-15)17-8-9-18-14/h11H,5-10H2,1-4H3. The molecule has 1 spiro atoms. The fourth-order valence-electron chi connectivity index (χ4n) is 2.62. The predicted molar refractivity (Wildman–Crippen MR) is 70.7 cm³/mol. The highest BCUT2D eigenvalue weighted by Crippen LogP contribution is 2.31. The largest absolute Gasteiger partial charge is 0.459 e. The van der Waals surface area contributed by atoms with Gasteiger partial charge in [0.1, 0.15) is 11.6 Å². The van der Waals surface area contributed by atoms with Crippen LogP contribution in [0.25, 0.3) is 0 Å². The molecule has 0 N–H and O–H groups in total. The molecule has 0 radical (unpaired) electrons. The van der Waals surface area contributed by atoms with Crippen LogP contribution in [0, 0.1) is 0 Å². The highest BCUT2D eigenvalue weighted by atomic mass is 16.7. The Kier molecular flexibility index (Phi) is 4.18. The van der Waals surface area contributed by atoms with Crippen LogP contribution in [0.3, 0.4) is 0 Å². The first-order valence-electron chi connectivity index (χ1n) is 7.06. The summed E-state index contributed by atoms with van der Waals surface area (Å²) in [6.45, 7) is 10.4. The Labute approximate surface area is 115 Å². The Morgan fingerprint density at radius 2 is 1.95 bits per heavy atom. The minimum Gasteiger partial charge on any atom is -0.459 e. The van der Waals surface area contributed by atoms with Crippen LogP contribution in [0.2, 0.25) is 0 Å². The van der Waals surface area contributed by atoms with Gasteiger partial charge >= 0.3 is 5.97 Å². The average Bonchev–Trinajstić information content (AvgIpc) is 2.74. The number of piperidine rings is 1. The maximum Gasteiger partial charge on any atom is 0.323 e. The first kappa shape index (κ1) is 14.8. The lowest BCUT2D eigenvalue weighted by atomic mass is 10.0. The number of esters is 1.